The molecule has 2 N–H and O–H groups in total. The molecule has 0 aliphatic heterocycles. The van der Waals surface area contributed by atoms with Gasteiger partial charge in [-0.05, 0) is 25.1 Å². The molecule has 0 saturated heterocycles. The predicted molar refractivity (Wildman–Crippen MR) is 84.2 cm³/mol. The molecule has 21 heavy (non-hydrogen) atoms. The molecule has 0 amide bonds. The van der Waals surface area contributed by atoms with Crippen LogP contribution in [0.25, 0.3) is 10.9 Å². The molecule has 0 atom stereocenters. The molecule has 106 valence electrons. The lowest BCUT2D eigenvalue weighted by molar-refractivity contribution is 0.703. The van der Waals surface area contributed by atoms with Crippen molar-refractivity contribution >= 4 is 10.9 Å². The lowest BCUT2D eigenvalue weighted by atomic mass is 10.2. The highest BCUT2D eigenvalue weighted by Crippen LogP contribution is 2.12. The zero-order valence-electron chi connectivity index (χ0n) is 11.9. The van der Waals surface area contributed by atoms with Crippen LogP contribution < -0.4 is 11.3 Å². The Labute approximate surface area is 122 Å². The van der Waals surface area contributed by atoms with E-state index in [4.69, 9.17) is 5.73 Å². The monoisotopic (exact) mass is 279 g/mol. The van der Waals surface area contributed by atoms with Crippen molar-refractivity contribution < 1.29 is 0 Å². The summed E-state index contributed by atoms with van der Waals surface area (Å²) in [5, 5.41) is 1.10. The van der Waals surface area contributed by atoms with Crippen LogP contribution in [0.5, 0.6) is 0 Å². The van der Waals surface area contributed by atoms with Gasteiger partial charge in [-0.1, -0.05) is 30.3 Å². The molecule has 0 spiro atoms. The lowest BCUT2D eigenvalue weighted by Crippen LogP contribution is -2.27. The van der Waals surface area contributed by atoms with Crippen LogP contribution in [0.1, 0.15) is 17.0 Å². The Morgan fingerprint density at radius 3 is 2.71 bits per heavy atom. The summed E-state index contributed by atoms with van der Waals surface area (Å²) in [5.41, 5.74) is 8.92. The standard InChI is InChI=1S/C17H17N3O/c1-12-6-7-14(10-18)17(21)20(12)11-15-9-8-13-4-2-3-5-16(13)19-15/h2-9H,10-11,18H2,1H3. The number of fused-ring (bicyclic) bond motifs is 1. The van der Waals surface area contributed by atoms with E-state index < -0.39 is 0 Å². The molecule has 0 aliphatic carbocycles. The molecule has 2 aromatic heterocycles. The summed E-state index contributed by atoms with van der Waals surface area (Å²) in [6.45, 7) is 2.64. The molecule has 3 aromatic rings. The first-order chi connectivity index (χ1) is 10.2. The fourth-order valence-electron chi connectivity index (χ4n) is 2.43. The zero-order chi connectivity index (χ0) is 14.8. The van der Waals surface area contributed by atoms with Gasteiger partial charge in [0.25, 0.3) is 5.56 Å². The van der Waals surface area contributed by atoms with Gasteiger partial charge in [0, 0.05) is 23.2 Å². The van der Waals surface area contributed by atoms with E-state index in [1.54, 1.807) is 10.6 Å². The van der Waals surface area contributed by atoms with E-state index in [-0.39, 0.29) is 12.1 Å². The maximum Gasteiger partial charge on any atom is 0.255 e. The summed E-state index contributed by atoms with van der Waals surface area (Å²) in [5.74, 6) is 0. The Morgan fingerprint density at radius 2 is 1.90 bits per heavy atom. The Balaban J connectivity index is 2.04. The highest BCUT2D eigenvalue weighted by molar-refractivity contribution is 5.78. The molecular formula is C17H17N3O. The molecule has 1 aromatic carbocycles. The first-order valence-corrected chi connectivity index (χ1v) is 6.93. The average Bonchev–Trinajstić information content (AvgIpc) is 2.51. The minimum absolute atomic E-state index is 0.0348. The number of para-hydroxylation sites is 1. The molecule has 4 heteroatoms. The molecule has 0 radical (unpaired) electrons. The van der Waals surface area contributed by atoms with Crippen LogP contribution in [0, 0.1) is 6.92 Å². The number of rotatable bonds is 3. The van der Waals surface area contributed by atoms with Gasteiger partial charge in [0.1, 0.15) is 0 Å². The molecule has 3 rings (SSSR count). The molecule has 4 nitrogen and oxygen atoms in total. The molecule has 0 saturated carbocycles. The number of aryl methyl sites for hydroxylation is 1. The van der Waals surface area contributed by atoms with Crippen LogP contribution in [0.2, 0.25) is 0 Å². The van der Waals surface area contributed by atoms with E-state index in [2.05, 4.69) is 4.98 Å². The second kappa shape index (κ2) is 5.50. The second-order valence-electron chi connectivity index (χ2n) is 5.09. The van der Waals surface area contributed by atoms with Crippen molar-refractivity contribution in [1.29, 1.82) is 0 Å². The average molecular weight is 279 g/mol. The highest BCUT2D eigenvalue weighted by Gasteiger charge is 2.07. The fraction of sp³-hybridized carbons (Fsp3) is 0.176. The number of hydrogen-bond donors (Lipinski definition) is 1. The number of aromatic nitrogens is 2. The quantitative estimate of drug-likeness (QED) is 0.799. The second-order valence-corrected chi connectivity index (χ2v) is 5.09. The maximum atomic E-state index is 12.3. The van der Waals surface area contributed by atoms with Crippen LogP contribution in [0.15, 0.2) is 53.3 Å². The molecule has 0 bridgehead atoms. The van der Waals surface area contributed by atoms with Gasteiger partial charge < -0.3 is 10.3 Å². The van der Waals surface area contributed by atoms with Gasteiger partial charge in [-0.3, -0.25) is 9.78 Å². The van der Waals surface area contributed by atoms with E-state index in [1.165, 1.54) is 0 Å². The minimum Gasteiger partial charge on any atom is -0.326 e. The van der Waals surface area contributed by atoms with Crippen molar-refractivity contribution in [2.24, 2.45) is 5.73 Å². The predicted octanol–water partition coefficient (Wildman–Crippen LogP) is 2.21. The first-order valence-electron chi connectivity index (χ1n) is 6.93. The van der Waals surface area contributed by atoms with E-state index in [0.29, 0.717) is 12.1 Å². The van der Waals surface area contributed by atoms with Gasteiger partial charge in [-0.2, -0.15) is 0 Å². The van der Waals surface area contributed by atoms with Crippen molar-refractivity contribution in [1.82, 2.24) is 9.55 Å². The first kappa shape index (κ1) is 13.5. The largest absolute Gasteiger partial charge is 0.326 e. The third kappa shape index (κ3) is 2.58. The Morgan fingerprint density at radius 1 is 1.10 bits per heavy atom. The summed E-state index contributed by atoms with van der Waals surface area (Å²) in [6, 6.07) is 15.7. The number of hydrogen-bond acceptors (Lipinski definition) is 3. The van der Waals surface area contributed by atoms with E-state index in [0.717, 1.165) is 22.3 Å². The van der Waals surface area contributed by atoms with Gasteiger partial charge in [-0.25, -0.2) is 0 Å². The van der Waals surface area contributed by atoms with Crippen LogP contribution >= 0.6 is 0 Å². The van der Waals surface area contributed by atoms with E-state index in [1.807, 2.05) is 49.4 Å². The third-order valence-corrected chi connectivity index (χ3v) is 3.67. The Bertz CT molecular complexity index is 852. The SMILES string of the molecule is Cc1ccc(CN)c(=O)n1Cc1ccc2ccccc2n1. The van der Waals surface area contributed by atoms with Crippen molar-refractivity contribution in [3.8, 4) is 0 Å². The van der Waals surface area contributed by atoms with Crippen molar-refractivity contribution in [2.45, 2.75) is 20.0 Å². The summed E-state index contributed by atoms with van der Waals surface area (Å²) < 4.78 is 1.72. The van der Waals surface area contributed by atoms with Crippen LogP contribution in [0.4, 0.5) is 0 Å². The van der Waals surface area contributed by atoms with Crippen LogP contribution in [0.3, 0.4) is 0 Å². The van der Waals surface area contributed by atoms with Gasteiger partial charge in [0.15, 0.2) is 0 Å². The van der Waals surface area contributed by atoms with E-state index >= 15 is 0 Å². The number of nitrogens with two attached hydrogens (primary N) is 1. The summed E-state index contributed by atoms with van der Waals surface area (Å²) >= 11 is 0. The van der Waals surface area contributed by atoms with Crippen LogP contribution in [-0.2, 0) is 13.1 Å². The molecule has 0 aliphatic rings. The van der Waals surface area contributed by atoms with Gasteiger partial charge >= 0.3 is 0 Å². The van der Waals surface area contributed by atoms with Gasteiger partial charge in [0.05, 0.1) is 17.8 Å². The zero-order valence-corrected chi connectivity index (χ0v) is 11.9. The lowest BCUT2D eigenvalue weighted by Gasteiger charge is -2.11. The molecular weight excluding hydrogens is 262 g/mol. The number of benzene rings is 1. The Hall–Kier alpha value is -2.46. The van der Waals surface area contributed by atoms with E-state index in [9.17, 15) is 4.79 Å². The fourth-order valence-corrected chi connectivity index (χ4v) is 2.43. The number of pyridine rings is 2. The van der Waals surface area contributed by atoms with Crippen LogP contribution in [-0.4, -0.2) is 9.55 Å². The van der Waals surface area contributed by atoms with Crippen molar-refractivity contribution in [3.63, 3.8) is 0 Å². The molecule has 0 unspecified atom stereocenters. The normalized spacial score (nSPS) is 11.0. The minimum atomic E-state index is -0.0348. The maximum absolute atomic E-state index is 12.3. The van der Waals surface area contributed by atoms with Crippen molar-refractivity contribution in [3.05, 3.63) is 75.8 Å². The summed E-state index contributed by atoms with van der Waals surface area (Å²) in [7, 11) is 0. The smallest absolute Gasteiger partial charge is 0.255 e. The summed E-state index contributed by atoms with van der Waals surface area (Å²) in [6.07, 6.45) is 0. The highest BCUT2D eigenvalue weighted by atomic mass is 16.1. The molecule has 2 heterocycles. The number of nitrogens with zero attached hydrogens (tertiary/aromatic N) is 2. The third-order valence-electron chi connectivity index (χ3n) is 3.67. The summed E-state index contributed by atoms with van der Waals surface area (Å²) in [4.78, 5) is 17.0. The van der Waals surface area contributed by atoms with Crippen molar-refractivity contribution in [2.75, 3.05) is 0 Å². The van der Waals surface area contributed by atoms with Gasteiger partial charge in [-0.15, -0.1) is 0 Å². The molecule has 0 fully saturated rings. The van der Waals surface area contributed by atoms with Gasteiger partial charge in [0.2, 0.25) is 0 Å². The topological polar surface area (TPSA) is 60.9 Å². The Kier molecular flexibility index (Phi) is 3.54.